The summed E-state index contributed by atoms with van der Waals surface area (Å²) >= 11 is 18.7. The van der Waals surface area contributed by atoms with Crippen molar-refractivity contribution in [1.82, 2.24) is 15.1 Å². The number of amides is 2. The molecule has 1 unspecified atom stereocenters. The van der Waals surface area contributed by atoms with Crippen LogP contribution in [0.1, 0.15) is 21.6 Å². The summed E-state index contributed by atoms with van der Waals surface area (Å²) in [7, 11) is 0. The summed E-state index contributed by atoms with van der Waals surface area (Å²) in [6.07, 6.45) is 0.0646. The summed E-state index contributed by atoms with van der Waals surface area (Å²) in [5.41, 5.74) is 8.33. The van der Waals surface area contributed by atoms with Gasteiger partial charge in [0.15, 0.2) is 5.69 Å². The highest BCUT2D eigenvalue weighted by Crippen LogP contribution is 2.34. The Morgan fingerprint density at radius 1 is 1.00 bits per heavy atom. The van der Waals surface area contributed by atoms with Crippen molar-refractivity contribution >= 4 is 46.6 Å². The molecule has 186 valence electrons. The van der Waals surface area contributed by atoms with E-state index in [-0.39, 0.29) is 18.5 Å². The summed E-state index contributed by atoms with van der Waals surface area (Å²) in [5, 5.41) is 18.1. The number of primary amides is 1. The Bertz CT molecular complexity index is 1500. The molecule has 4 aromatic rings. The molecular weight excluding hydrogens is 533 g/mol. The number of hydrogen-bond donors (Lipinski definition) is 2. The number of hydrogen-bond acceptors (Lipinski definition) is 4. The number of nitrogens with one attached hydrogen (secondary N) is 1. The van der Waals surface area contributed by atoms with Crippen LogP contribution in [0.4, 0.5) is 0 Å². The quantitative estimate of drug-likeness (QED) is 0.305. The first-order chi connectivity index (χ1) is 17.8. The van der Waals surface area contributed by atoms with Crippen molar-refractivity contribution in [2.24, 2.45) is 5.73 Å². The van der Waals surface area contributed by atoms with E-state index in [9.17, 15) is 14.9 Å². The lowest BCUT2D eigenvalue weighted by Gasteiger charge is -2.15. The van der Waals surface area contributed by atoms with E-state index in [4.69, 9.17) is 40.5 Å². The van der Waals surface area contributed by atoms with Crippen molar-refractivity contribution in [3.8, 4) is 23.0 Å². The highest BCUT2D eigenvalue weighted by molar-refractivity contribution is 6.35. The predicted octanol–water partition coefficient (Wildman–Crippen LogP) is 5.39. The van der Waals surface area contributed by atoms with Gasteiger partial charge in [-0.25, -0.2) is 4.68 Å². The third-order valence-electron chi connectivity index (χ3n) is 5.64. The van der Waals surface area contributed by atoms with Gasteiger partial charge in [-0.2, -0.15) is 10.4 Å². The van der Waals surface area contributed by atoms with Crippen LogP contribution in [0.3, 0.4) is 0 Å². The summed E-state index contributed by atoms with van der Waals surface area (Å²) in [5.74, 6) is -1.35. The number of carbonyl (C=O) groups is 2. The van der Waals surface area contributed by atoms with Crippen molar-refractivity contribution in [2.75, 3.05) is 0 Å². The first kappa shape index (κ1) is 26.2. The first-order valence-electron chi connectivity index (χ1n) is 11.1. The van der Waals surface area contributed by atoms with E-state index in [2.05, 4.69) is 16.5 Å². The van der Waals surface area contributed by atoms with E-state index in [1.54, 1.807) is 42.5 Å². The predicted molar refractivity (Wildman–Crippen MR) is 144 cm³/mol. The molecule has 2 amide bonds. The van der Waals surface area contributed by atoms with E-state index in [1.807, 2.05) is 30.3 Å². The molecule has 0 spiro atoms. The van der Waals surface area contributed by atoms with Gasteiger partial charge in [0, 0.05) is 27.6 Å². The Balaban J connectivity index is 1.83. The average Bonchev–Trinajstić information content (AvgIpc) is 3.24. The van der Waals surface area contributed by atoms with Crippen molar-refractivity contribution in [2.45, 2.75) is 18.9 Å². The average molecular weight is 553 g/mol. The van der Waals surface area contributed by atoms with Crippen LogP contribution in [0.15, 0.2) is 72.8 Å². The highest BCUT2D eigenvalue weighted by Gasteiger charge is 2.28. The maximum Gasteiger partial charge on any atom is 0.272 e. The monoisotopic (exact) mass is 551 g/mol. The van der Waals surface area contributed by atoms with Crippen molar-refractivity contribution in [1.29, 1.82) is 5.26 Å². The van der Waals surface area contributed by atoms with E-state index in [0.29, 0.717) is 37.6 Å². The summed E-state index contributed by atoms with van der Waals surface area (Å²) in [6.45, 7) is 0. The number of nitriles is 1. The Hall–Kier alpha value is -3.83. The zero-order valence-corrected chi connectivity index (χ0v) is 21.6. The molecule has 37 heavy (non-hydrogen) atoms. The minimum Gasteiger partial charge on any atom is -0.368 e. The molecule has 10 heteroatoms. The molecule has 0 aliphatic heterocycles. The Morgan fingerprint density at radius 3 is 2.30 bits per heavy atom. The highest BCUT2D eigenvalue weighted by atomic mass is 35.5. The summed E-state index contributed by atoms with van der Waals surface area (Å²) in [4.78, 5) is 25.7. The molecule has 7 nitrogen and oxygen atoms in total. The maximum absolute atomic E-state index is 13.5. The lowest BCUT2D eigenvalue weighted by molar-refractivity contribution is -0.119. The molecule has 0 aliphatic carbocycles. The number of benzene rings is 3. The zero-order chi connectivity index (χ0) is 26.5. The van der Waals surface area contributed by atoms with Gasteiger partial charge in [-0.1, -0.05) is 77.3 Å². The van der Waals surface area contributed by atoms with Gasteiger partial charge in [-0.05, 0) is 35.9 Å². The van der Waals surface area contributed by atoms with Gasteiger partial charge < -0.3 is 11.1 Å². The molecule has 0 fully saturated rings. The molecule has 1 heterocycles. The molecule has 3 aromatic carbocycles. The number of rotatable bonds is 8. The SMILES string of the molecule is N#CCc1c(C(=O)NC(Cc2ccccc2)C(N)=O)nn(-c2ccc(Cl)cc2Cl)c1-c1ccc(Cl)cc1. The Morgan fingerprint density at radius 2 is 1.68 bits per heavy atom. The minimum atomic E-state index is -0.993. The maximum atomic E-state index is 13.5. The van der Waals surface area contributed by atoms with E-state index >= 15 is 0 Å². The van der Waals surface area contributed by atoms with E-state index in [1.165, 1.54) is 4.68 Å². The van der Waals surface area contributed by atoms with Crippen LogP contribution in [0, 0.1) is 11.3 Å². The molecule has 4 rings (SSSR count). The van der Waals surface area contributed by atoms with Crippen LogP contribution in [-0.4, -0.2) is 27.6 Å². The number of carbonyl (C=O) groups excluding carboxylic acids is 2. The van der Waals surface area contributed by atoms with E-state index < -0.39 is 17.9 Å². The van der Waals surface area contributed by atoms with Gasteiger partial charge in [0.25, 0.3) is 5.91 Å². The number of halogens is 3. The van der Waals surface area contributed by atoms with Crippen LogP contribution >= 0.6 is 34.8 Å². The van der Waals surface area contributed by atoms with Gasteiger partial charge in [0.1, 0.15) is 6.04 Å². The van der Waals surface area contributed by atoms with Gasteiger partial charge in [0.2, 0.25) is 5.91 Å². The zero-order valence-electron chi connectivity index (χ0n) is 19.3. The van der Waals surface area contributed by atoms with Gasteiger partial charge >= 0.3 is 0 Å². The largest absolute Gasteiger partial charge is 0.368 e. The number of aromatic nitrogens is 2. The number of nitrogens with zero attached hydrogens (tertiary/aromatic N) is 3. The molecule has 3 N–H and O–H groups in total. The standard InChI is InChI=1S/C27H20Cl3N5O2/c28-18-8-6-17(7-9-18)25-20(12-13-31)24(34-35(25)23-11-10-19(29)15-21(23)30)27(37)33-22(26(32)36)14-16-4-2-1-3-5-16/h1-11,15,22H,12,14H2,(H2,32,36)(H,33,37). The summed E-state index contributed by atoms with van der Waals surface area (Å²) < 4.78 is 1.49. The fourth-order valence-electron chi connectivity index (χ4n) is 3.91. The first-order valence-corrected chi connectivity index (χ1v) is 12.3. The topological polar surface area (TPSA) is 114 Å². The Kier molecular flexibility index (Phi) is 8.14. The third-order valence-corrected chi connectivity index (χ3v) is 6.43. The molecule has 0 radical (unpaired) electrons. The lowest BCUT2D eigenvalue weighted by Crippen LogP contribution is -2.46. The number of nitrogens with two attached hydrogens (primary N) is 1. The van der Waals surface area contributed by atoms with Crippen molar-refractivity contribution < 1.29 is 9.59 Å². The van der Waals surface area contributed by atoms with Crippen LogP contribution < -0.4 is 11.1 Å². The van der Waals surface area contributed by atoms with E-state index in [0.717, 1.165) is 5.56 Å². The fraction of sp³-hybridized carbons (Fsp3) is 0.111. The molecule has 0 saturated heterocycles. The molecule has 1 aromatic heterocycles. The van der Waals surface area contributed by atoms with Crippen LogP contribution in [-0.2, 0) is 17.6 Å². The fourth-order valence-corrected chi connectivity index (χ4v) is 4.52. The molecule has 0 aliphatic rings. The van der Waals surface area contributed by atoms with Gasteiger partial charge in [-0.15, -0.1) is 0 Å². The summed E-state index contributed by atoms with van der Waals surface area (Å²) in [6, 6.07) is 22.0. The molecule has 0 saturated carbocycles. The second kappa shape index (κ2) is 11.5. The molecule has 0 bridgehead atoms. The second-order valence-electron chi connectivity index (χ2n) is 8.14. The third kappa shape index (κ3) is 5.95. The van der Waals surface area contributed by atoms with Crippen LogP contribution in [0.2, 0.25) is 15.1 Å². The lowest BCUT2D eigenvalue weighted by atomic mass is 10.0. The van der Waals surface area contributed by atoms with Gasteiger partial charge in [-0.3, -0.25) is 9.59 Å². The molecule has 1 atom stereocenters. The Labute approximate surface area is 228 Å². The minimum absolute atomic E-state index is 0.0307. The molecular formula is C27H20Cl3N5O2. The second-order valence-corrected chi connectivity index (χ2v) is 9.42. The van der Waals surface area contributed by atoms with Crippen molar-refractivity contribution in [3.05, 3.63) is 105 Å². The smallest absolute Gasteiger partial charge is 0.272 e. The van der Waals surface area contributed by atoms with Crippen LogP contribution in [0.25, 0.3) is 16.9 Å². The van der Waals surface area contributed by atoms with Crippen LogP contribution in [0.5, 0.6) is 0 Å². The normalized spacial score (nSPS) is 11.5. The van der Waals surface area contributed by atoms with Crippen molar-refractivity contribution in [3.63, 3.8) is 0 Å². The van der Waals surface area contributed by atoms with Gasteiger partial charge in [0.05, 0.1) is 28.9 Å².